The molecule has 3 N–H and O–H groups in total. The van der Waals surface area contributed by atoms with Crippen LogP contribution in [-0.2, 0) is 16.4 Å². The van der Waals surface area contributed by atoms with E-state index in [1.165, 1.54) is 17.7 Å². The molecule has 0 bridgehead atoms. The van der Waals surface area contributed by atoms with Gasteiger partial charge in [-0.25, -0.2) is 13.1 Å². The molecule has 1 aromatic carbocycles. The van der Waals surface area contributed by atoms with E-state index in [0.717, 1.165) is 0 Å². The van der Waals surface area contributed by atoms with Gasteiger partial charge < -0.3 is 15.2 Å². The molecule has 0 radical (unpaired) electrons. The van der Waals surface area contributed by atoms with E-state index in [-0.39, 0.29) is 23.8 Å². The van der Waals surface area contributed by atoms with E-state index in [2.05, 4.69) is 25.3 Å². The lowest BCUT2D eigenvalue weighted by Gasteiger charge is -2.10. The van der Waals surface area contributed by atoms with Crippen LogP contribution in [0.2, 0.25) is 0 Å². The normalized spacial score (nSPS) is 11.6. The molecular formula is C16H20N6O4S. The third-order valence-electron chi connectivity index (χ3n) is 3.74. The number of hydrogen-bond acceptors (Lipinski definition) is 8. The smallest absolute Gasteiger partial charge is 0.244 e. The molecule has 0 spiro atoms. The Bertz CT molecular complexity index is 1020. The van der Waals surface area contributed by atoms with Crippen molar-refractivity contribution in [2.45, 2.75) is 11.3 Å². The molecule has 0 saturated heterocycles. The van der Waals surface area contributed by atoms with Crippen LogP contribution < -0.4 is 14.8 Å². The Kier molecular flexibility index (Phi) is 5.84. The zero-order valence-electron chi connectivity index (χ0n) is 14.7. The van der Waals surface area contributed by atoms with Gasteiger partial charge in [0.25, 0.3) is 0 Å². The maximum Gasteiger partial charge on any atom is 0.244 e. The molecule has 0 amide bonds. The van der Waals surface area contributed by atoms with Crippen molar-refractivity contribution in [2.24, 2.45) is 0 Å². The molecule has 0 aliphatic heterocycles. The maximum atomic E-state index is 12.5. The Balaban J connectivity index is 1.71. The third kappa shape index (κ3) is 4.32. The summed E-state index contributed by atoms with van der Waals surface area (Å²) in [5, 5.41) is 24.3. The minimum Gasteiger partial charge on any atom is -0.495 e. The van der Waals surface area contributed by atoms with Crippen LogP contribution in [0.15, 0.2) is 41.3 Å². The molecule has 10 nitrogen and oxygen atoms in total. The predicted molar refractivity (Wildman–Crippen MR) is 98.2 cm³/mol. The number of fused-ring (bicyclic) bond motifs is 1. The first kappa shape index (κ1) is 19.0. The van der Waals surface area contributed by atoms with E-state index in [1.807, 2.05) is 0 Å². The highest BCUT2D eigenvalue weighted by Gasteiger charge is 2.19. The highest BCUT2D eigenvalue weighted by molar-refractivity contribution is 7.89. The molecule has 0 aliphatic carbocycles. The van der Waals surface area contributed by atoms with Crippen molar-refractivity contribution >= 4 is 21.5 Å². The van der Waals surface area contributed by atoms with Crippen LogP contribution in [0.1, 0.15) is 5.82 Å². The van der Waals surface area contributed by atoms with Crippen LogP contribution in [0.25, 0.3) is 5.65 Å². The van der Waals surface area contributed by atoms with E-state index in [0.29, 0.717) is 30.3 Å². The number of methoxy groups -OCH3 is 1. The van der Waals surface area contributed by atoms with Crippen molar-refractivity contribution in [1.29, 1.82) is 0 Å². The summed E-state index contributed by atoms with van der Waals surface area (Å²) in [6, 6.07) is 9.87. The van der Waals surface area contributed by atoms with Gasteiger partial charge in [-0.1, -0.05) is 12.1 Å². The van der Waals surface area contributed by atoms with Crippen molar-refractivity contribution in [3.63, 3.8) is 0 Å². The average Bonchev–Trinajstić information content (AvgIpc) is 3.08. The molecule has 3 aromatic rings. The molecule has 3 rings (SSSR count). The molecular weight excluding hydrogens is 372 g/mol. The molecule has 0 fully saturated rings. The van der Waals surface area contributed by atoms with E-state index in [9.17, 15) is 8.42 Å². The molecule has 27 heavy (non-hydrogen) atoms. The zero-order valence-corrected chi connectivity index (χ0v) is 15.5. The molecule has 11 heteroatoms. The first-order valence-corrected chi connectivity index (χ1v) is 9.72. The topological polar surface area (TPSA) is 131 Å². The van der Waals surface area contributed by atoms with E-state index in [4.69, 9.17) is 9.84 Å². The number of aromatic nitrogens is 4. The molecule has 0 unspecified atom stereocenters. The summed E-state index contributed by atoms with van der Waals surface area (Å²) in [4.78, 5) is 0.0761. The SMILES string of the molecule is COc1ccccc1S(=O)(=O)NCCc1nnc2ccc(NCCO)nn12. The second-order valence-electron chi connectivity index (χ2n) is 5.55. The fraction of sp³-hybridized carbons (Fsp3) is 0.312. The van der Waals surface area contributed by atoms with Crippen LogP contribution in [0.3, 0.4) is 0 Å². The summed E-state index contributed by atoms with van der Waals surface area (Å²) in [5.41, 5.74) is 0.548. The van der Waals surface area contributed by atoms with Gasteiger partial charge in [0.05, 0.1) is 13.7 Å². The number of nitrogens with zero attached hydrogens (tertiary/aromatic N) is 4. The van der Waals surface area contributed by atoms with Crippen molar-refractivity contribution in [1.82, 2.24) is 24.5 Å². The predicted octanol–water partition coefficient (Wildman–Crippen LogP) is 0.0581. The summed E-state index contributed by atoms with van der Waals surface area (Å²) in [6.45, 7) is 0.477. The van der Waals surface area contributed by atoms with Gasteiger partial charge in [0.15, 0.2) is 11.5 Å². The number of rotatable bonds is 9. The zero-order chi connectivity index (χ0) is 19.3. The number of aliphatic hydroxyl groups excluding tert-OH is 1. The highest BCUT2D eigenvalue weighted by Crippen LogP contribution is 2.22. The monoisotopic (exact) mass is 392 g/mol. The summed E-state index contributed by atoms with van der Waals surface area (Å²) >= 11 is 0. The fourth-order valence-corrected chi connectivity index (χ4v) is 3.68. The Labute approximate surface area is 156 Å². The lowest BCUT2D eigenvalue weighted by molar-refractivity contribution is 0.311. The number of sulfonamides is 1. The van der Waals surface area contributed by atoms with Gasteiger partial charge in [0.1, 0.15) is 16.5 Å². The van der Waals surface area contributed by atoms with Crippen LogP contribution >= 0.6 is 0 Å². The molecule has 0 saturated carbocycles. The Morgan fingerprint density at radius 2 is 1.96 bits per heavy atom. The number of benzene rings is 1. The van der Waals surface area contributed by atoms with Crippen LogP contribution in [0.5, 0.6) is 5.75 Å². The Hall–Kier alpha value is -2.76. The van der Waals surface area contributed by atoms with Gasteiger partial charge in [-0.05, 0) is 24.3 Å². The van der Waals surface area contributed by atoms with Crippen LogP contribution in [0.4, 0.5) is 5.82 Å². The van der Waals surface area contributed by atoms with Crippen LogP contribution in [-0.4, -0.2) is 60.1 Å². The fourth-order valence-electron chi connectivity index (χ4n) is 2.48. The number of ether oxygens (including phenoxy) is 1. The summed E-state index contributed by atoms with van der Waals surface area (Å²) in [7, 11) is -2.30. The first-order chi connectivity index (χ1) is 13.0. The van der Waals surface area contributed by atoms with Gasteiger partial charge in [-0.2, -0.15) is 4.52 Å². The number of anilines is 1. The molecule has 0 atom stereocenters. The largest absolute Gasteiger partial charge is 0.495 e. The highest BCUT2D eigenvalue weighted by atomic mass is 32.2. The maximum absolute atomic E-state index is 12.5. The number of para-hydroxylation sites is 1. The second kappa shape index (κ2) is 8.29. The van der Waals surface area contributed by atoms with E-state index < -0.39 is 10.0 Å². The number of hydrogen-bond donors (Lipinski definition) is 3. The third-order valence-corrected chi connectivity index (χ3v) is 5.25. The minimum absolute atomic E-state index is 0.0144. The van der Waals surface area contributed by atoms with Gasteiger partial charge in [-0.15, -0.1) is 15.3 Å². The van der Waals surface area contributed by atoms with Crippen molar-refractivity contribution < 1.29 is 18.3 Å². The van der Waals surface area contributed by atoms with Crippen LogP contribution in [0, 0.1) is 0 Å². The van der Waals surface area contributed by atoms with Crippen molar-refractivity contribution in [2.75, 3.05) is 32.1 Å². The Morgan fingerprint density at radius 1 is 1.15 bits per heavy atom. The lowest BCUT2D eigenvalue weighted by Crippen LogP contribution is -2.27. The summed E-state index contributed by atoms with van der Waals surface area (Å²) in [5.74, 6) is 1.35. The van der Waals surface area contributed by atoms with E-state index in [1.54, 1.807) is 30.3 Å². The minimum atomic E-state index is -3.72. The molecule has 2 aromatic heterocycles. The van der Waals surface area contributed by atoms with Gasteiger partial charge in [0, 0.05) is 19.5 Å². The summed E-state index contributed by atoms with van der Waals surface area (Å²) < 4.78 is 34.2. The number of nitrogens with one attached hydrogen (secondary N) is 2. The molecule has 2 heterocycles. The quantitative estimate of drug-likeness (QED) is 0.466. The van der Waals surface area contributed by atoms with Crippen molar-refractivity contribution in [3.05, 3.63) is 42.2 Å². The lowest BCUT2D eigenvalue weighted by atomic mass is 10.3. The van der Waals surface area contributed by atoms with Gasteiger partial charge >= 0.3 is 0 Å². The van der Waals surface area contributed by atoms with Crippen molar-refractivity contribution in [3.8, 4) is 5.75 Å². The summed E-state index contributed by atoms with van der Waals surface area (Å²) in [6.07, 6.45) is 0.298. The van der Waals surface area contributed by atoms with E-state index >= 15 is 0 Å². The van der Waals surface area contributed by atoms with Gasteiger partial charge in [-0.3, -0.25) is 0 Å². The average molecular weight is 392 g/mol. The first-order valence-electron chi connectivity index (χ1n) is 8.24. The second-order valence-corrected chi connectivity index (χ2v) is 7.29. The standard InChI is InChI=1S/C16H20N6O4S/c1-26-12-4-2-3-5-13(12)27(24,25)18-9-8-16-20-19-15-7-6-14(17-10-11-23)21-22(15)16/h2-7,18,23H,8-11H2,1H3,(H,17,21). The van der Waals surface area contributed by atoms with Gasteiger partial charge in [0.2, 0.25) is 10.0 Å². The molecule has 144 valence electrons. The number of aliphatic hydroxyl groups is 1. The Morgan fingerprint density at radius 3 is 2.74 bits per heavy atom. The molecule has 0 aliphatic rings.